The number of benzene rings is 1. The Morgan fingerprint density at radius 2 is 1.94 bits per heavy atom. The summed E-state index contributed by atoms with van der Waals surface area (Å²) in [6.45, 7) is 0. The summed E-state index contributed by atoms with van der Waals surface area (Å²) in [5.74, 6) is 0.862. The van der Waals surface area contributed by atoms with Crippen LogP contribution in [0.3, 0.4) is 0 Å². The fraction of sp³-hybridized carbons (Fsp3) is 0. The quantitative estimate of drug-likeness (QED) is 0.573. The molecule has 0 aliphatic heterocycles. The normalized spacial score (nSPS) is 10.8. The first-order valence-electron chi connectivity index (χ1n) is 4.91. The summed E-state index contributed by atoms with van der Waals surface area (Å²) in [6.07, 6.45) is 1.18. The third-order valence-electron chi connectivity index (χ3n) is 2.34. The van der Waals surface area contributed by atoms with Gasteiger partial charge < -0.3 is 5.73 Å². The van der Waals surface area contributed by atoms with Crippen molar-refractivity contribution in [3.63, 3.8) is 0 Å². The summed E-state index contributed by atoms with van der Waals surface area (Å²) < 4.78 is 1.47. The van der Waals surface area contributed by atoms with Gasteiger partial charge in [0.2, 0.25) is 0 Å². The summed E-state index contributed by atoms with van der Waals surface area (Å²) in [6, 6.07) is 7.17. The molecule has 0 bridgehead atoms. The molecule has 0 saturated heterocycles. The summed E-state index contributed by atoms with van der Waals surface area (Å²) in [5.41, 5.74) is 6.79. The van der Waals surface area contributed by atoms with Crippen molar-refractivity contribution in [2.45, 2.75) is 0 Å². The second kappa shape index (κ2) is 3.41. The van der Waals surface area contributed by atoms with E-state index < -0.39 is 0 Å². The Balaban J connectivity index is 2.24. The average Bonchev–Trinajstić information content (AvgIpc) is 2.73. The largest absolute Gasteiger partial charge is 0.399 e. The molecule has 3 aromatic rings. The number of H-pyrrole nitrogens is 1. The first-order chi connectivity index (χ1) is 8.24. The van der Waals surface area contributed by atoms with Crippen molar-refractivity contribution in [2.24, 2.45) is 0 Å². The van der Waals surface area contributed by atoms with Crippen LogP contribution in [-0.4, -0.2) is 24.8 Å². The van der Waals surface area contributed by atoms with E-state index >= 15 is 0 Å². The van der Waals surface area contributed by atoms with Gasteiger partial charge in [0, 0.05) is 11.3 Å². The lowest BCUT2D eigenvalue weighted by atomic mass is 10.2. The Hall–Kier alpha value is -2.70. The smallest absolute Gasteiger partial charge is 0.271 e. The van der Waals surface area contributed by atoms with Gasteiger partial charge in [-0.2, -0.15) is 9.61 Å². The van der Waals surface area contributed by atoms with E-state index in [1.807, 2.05) is 12.1 Å². The van der Waals surface area contributed by atoms with Crippen LogP contribution in [0.15, 0.2) is 35.3 Å². The number of nitrogens with two attached hydrogens (primary N) is 1. The zero-order chi connectivity index (χ0) is 11.8. The average molecular weight is 228 g/mol. The summed E-state index contributed by atoms with van der Waals surface area (Å²) in [7, 11) is 0. The maximum Gasteiger partial charge on any atom is 0.271 e. The standard InChI is InChI=1S/C10H8N6O/c11-7-3-1-6(2-4-7)9-14-15-10-13-8(17)5-12-16(9)10/h1-5H,11H2,(H,13,15,17). The SMILES string of the molecule is Nc1ccc(-c2nnc3[nH]c(=O)cnn23)cc1. The molecule has 0 saturated carbocycles. The molecule has 2 aromatic heterocycles. The maximum atomic E-state index is 11.1. The number of hydrogen-bond donors (Lipinski definition) is 2. The first kappa shape index (κ1) is 9.52. The Labute approximate surface area is 94.9 Å². The van der Waals surface area contributed by atoms with E-state index in [4.69, 9.17) is 5.73 Å². The van der Waals surface area contributed by atoms with Crippen LogP contribution in [0.5, 0.6) is 0 Å². The van der Waals surface area contributed by atoms with Gasteiger partial charge >= 0.3 is 0 Å². The van der Waals surface area contributed by atoms with E-state index in [1.165, 1.54) is 10.7 Å². The molecule has 0 spiro atoms. The Morgan fingerprint density at radius 1 is 1.18 bits per heavy atom. The third kappa shape index (κ3) is 1.53. The van der Waals surface area contributed by atoms with Crippen molar-refractivity contribution >= 4 is 11.5 Å². The molecule has 0 radical (unpaired) electrons. The molecule has 0 aliphatic rings. The Bertz CT molecular complexity index is 726. The molecule has 3 N–H and O–H groups in total. The predicted octanol–water partition coefficient (Wildman–Crippen LogP) is 0.0618. The maximum absolute atomic E-state index is 11.1. The number of nitrogens with one attached hydrogen (secondary N) is 1. The van der Waals surface area contributed by atoms with Crippen LogP contribution in [0.2, 0.25) is 0 Å². The molecule has 17 heavy (non-hydrogen) atoms. The molecular formula is C10H8N6O. The van der Waals surface area contributed by atoms with E-state index in [0.717, 1.165) is 5.56 Å². The lowest BCUT2D eigenvalue weighted by Gasteiger charge is -1.98. The van der Waals surface area contributed by atoms with Crippen molar-refractivity contribution in [3.8, 4) is 11.4 Å². The number of aromatic nitrogens is 5. The molecular weight excluding hydrogens is 220 g/mol. The molecule has 1 aromatic carbocycles. The van der Waals surface area contributed by atoms with E-state index in [0.29, 0.717) is 17.3 Å². The molecule has 0 atom stereocenters. The lowest BCUT2D eigenvalue weighted by Crippen LogP contribution is -2.09. The van der Waals surface area contributed by atoms with Crippen LogP contribution in [-0.2, 0) is 0 Å². The Kier molecular flexibility index (Phi) is 1.91. The highest BCUT2D eigenvalue weighted by Crippen LogP contribution is 2.17. The molecule has 7 nitrogen and oxygen atoms in total. The second-order valence-corrected chi connectivity index (χ2v) is 3.51. The number of nitrogens with zero attached hydrogens (tertiary/aromatic N) is 4. The highest BCUT2D eigenvalue weighted by molar-refractivity contribution is 5.60. The summed E-state index contributed by atoms with van der Waals surface area (Å²) in [4.78, 5) is 13.6. The van der Waals surface area contributed by atoms with E-state index in [2.05, 4.69) is 20.3 Å². The van der Waals surface area contributed by atoms with Crippen LogP contribution >= 0.6 is 0 Å². The molecule has 0 aliphatic carbocycles. The fourth-order valence-electron chi connectivity index (χ4n) is 1.53. The molecule has 0 amide bonds. The Morgan fingerprint density at radius 3 is 2.71 bits per heavy atom. The highest BCUT2D eigenvalue weighted by Gasteiger charge is 2.08. The number of fused-ring (bicyclic) bond motifs is 1. The van der Waals surface area contributed by atoms with Gasteiger partial charge in [0.05, 0.1) is 0 Å². The zero-order valence-corrected chi connectivity index (χ0v) is 8.66. The minimum atomic E-state index is -0.311. The highest BCUT2D eigenvalue weighted by atomic mass is 16.1. The predicted molar refractivity (Wildman–Crippen MR) is 61.3 cm³/mol. The van der Waals surface area contributed by atoms with Gasteiger partial charge in [0.25, 0.3) is 11.3 Å². The molecule has 2 heterocycles. The van der Waals surface area contributed by atoms with Crippen molar-refractivity contribution in [1.82, 2.24) is 24.8 Å². The lowest BCUT2D eigenvalue weighted by molar-refractivity contribution is 0.891. The number of anilines is 1. The van der Waals surface area contributed by atoms with Crippen molar-refractivity contribution in [1.29, 1.82) is 0 Å². The van der Waals surface area contributed by atoms with Gasteiger partial charge in [-0.3, -0.25) is 9.78 Å². The van der Waals surface area contributed by atoms with E-state index in [9.17, 15) is 4.79 Å². The molecule has 7 heteroatoms. The minimum Gasteiger partial charge on any atom is -0.399 e. The summed E-state index contributed by atoms with van der Waals surface area (Å²) in [5, 5.41) is 11.8. The number of nitrogen functional groups attached to an aromatic ring is 1. The summed E-state index contributed by atoms with van der Waals surface area (Å²) >= 11 is 0. The van der Waals surface area contributed by atoms with Gasteiger partial charge in [0.1, 0.15) is 6.20 Å². The van der Waals surface area contributed by atoms with Gasteiger partial charge in [0.15, 0.2) is 5.82 Å². The van der Waals surface area contributed by atoms with Gasteiger partial charge in [-0.05, 0) is 24.3 Å². The van der Waals surface area contributed by atoms with Crippen molar-refractivity contribution < 1.29 is 0 Å². The van der Waals surface area contributed by atoms with Gasteiger partial charge in [-0.1, -0.05) is 0 Å². The number of rotatable bonds is 1. The van der Waals surface area contributed by atoms with Crippen LogP contribution < -0.4 is 11.3 Å². The second-order valence-electron chi connectivity index (χ2n) is 3.51. The monoisotopic (exact) mass is 228 g/mol. The van der Waals surface area contributed by atoms with E-state index in [-0.39, 0.29) is 5.56 Å². The van der Waals surface area contributed by atoms with Crippen molar-refractivity contribution in [3.05, 3.63) is 40.8 Å². The fourth-order valence-corrected chi connectivity index (χ4v) is 1.53. The molecule has 0 unspecified atom stereocenters. The molecule has 0 fully saturated rings. The van der Waals surface area contributed by atoms with Crippen LogP contribution in [0.4, 0.5) is 5.69 Å². The zero-order valence-electron chi connectivity index (χ0n) is 8.66. The van der Waals surface area contributed by atoms with Crippen molar-refractivity contribution in [2.75, 3.05) is 5.73 Å². The van der Waals surface area contributed by atoms with Crippen LogP contribution in [0, 0.1) is 0 Å². The molecule has 84 valence electrons. The van der Waals surface area contributed by atoms with E-state index in [1.54, 1.807) is 12.1 Å². The minimum absolute atomic E-state index is 0.310. The van der Waals surface area contributed by atoms with Gasteiger partial charge in [-0.15, -0.1) is 10.2 Å². The number of aromatic amines is 1. The molecule has 3 rings (SSSR count). The number of hydrogen-bond acceptors (Lipinski definition) is 5. The van der Waals surface area contributed by atoms with Gasteiger partial charge in [-0.25, -0.2) is 0 Å². The van der Waals surface area contributed by atoms with Crippen LogP contribution in [0.1, 0.15) is 0 Å². The topological polar surface area (TPSA) is 102 Å². The first-order valence-corrected chi connectivity index (χ1v) is 4.91. The van der Waals surface area contributed by atoms with Crippen LogP contribution in [0.25, 0.3) is 17.2 Å². The third-order valence-corrected chi connectivity index (χ3v) is 2.34.